The molecule has 0 spiro atoms. The van der Waals surface area contributed by atoms with Crippen LogP contribution in [-0.4, -0.2) is 44.4 Å². The summed E-state index contributed by atoms with van der Waals surface area (Å²) in [7, 11) is 0. The number of aliphatic hydroxyl groups excluding tert-OH is 1. The Morgan fingerprint density at radius 2 is 2.17 bits per heavy atom. The molecule has 6 heteroatoms. The van der Waals surface area contributed by atoms with Gasteiger partial charge in [-0.1, -0.05) is 0 Å². The van der Waals surface area contributed by atoms with E-state index in [1.54, 1.807) is 18.5 Å². The van der Waals surface area contributed by atoms with Crippen LogP contribution in [-0.2, 0) is 9.59 Å². The number of carbonyl (C=O) groups is 2. The number of nitrogens with zero attached hydrogens (tertiary/aromatic N) is 3. The monoisotopic (exact) mass is 245 g/mol. The summed E-state index contributed by atoms with van der Waals surface area (Å²) in [6, 6.07) is 1.66. The maximum atomic E-state index is 11.7. The first-order chi connectivity index (χ1) is 8.66. The van der Waals surface area contributed by atoms with E-state index >= 15 is 0 Å². The molecule has 1 unspecified atom stereocenters. The second kappa shape index (κ2) is 5.33. The molecule has 0 aromatic carbocycles. The van der Waals surface area contributed by atoms with Gasteiger partial charge in [0.25, 0.3) is 11.8 Å². The zero-order valence-corrected chi connectivity index (χ0v) is 9.43. The van der Waals surface area contributed by atoms with Crippen molar-refractivity contribution < 1.29 is 14.7 Å². The molecule has 1 aromatic heterocycles. The normalized spacial score (nSPS) is 19.5. The van der Waals surface area contributed by atoms with E-state index in [0.717, 1.165) is 4.90 Å². The third-order valence-electron chi connectivity index (χ3n) is 2.32. The Morgan fingerprint density at radius 3 is 2.89 bits per heavy atom. The van der Waals surface area contributed by atoms with Crippen LogP contribution in [0.2, 0.25) is 0 Å². The van der Waals surface area contributed by atoms with Crippen molar-refractivity contribution in [2.45, 2.75) is 6.10 Å². The SMILES string of the molecule is O=C1C=CC(O)CN1C(=O)/C=C/c1ncccn1. The van der Waals surface area contributed by atoms with Crippen molar-refractivity contribution in [1.82, 2.24) is 14.9 Å². The van der Waals surface area contributed by atoms with Crippen LogP contribution in [0.4, 0.5) is 0 Å². The van der Waals surface area contributed by atoms with E-state index in [4.69, 9.17) is 0 Å². The van der Waals surface area contributed by atoms with Crippen LogP contribution in [0.5, 0.6) is 0 Å². The number of rotatable bonds is 2. The van der Waals surface area contributed by atoms with E-state index in [1.807, 2.05) is 0 Å². The minimum atomic E-state index is -0.812. The predicted molar refractivity (Wildman–Crippen MR) is 62.9 cm³/mol. The van der Waals surface area contributed by atoms with Crippen molar-refractivity contribution in [2.75, 3.05) is 6.54 Å². The van der Waals surface area contributed by atoms with Crippen LogP contribution >= 0.6 is 0 Å². The van der Waals surface area contributed by atoms with Crippen LogP contribution in [0, 0.1) is 0 Å². The second-order valence-corrected chi connectivity index (χ2v) is 3.65. The Hall–Kier alpha value is -2.34. The van der Waals surface area contributed by atoms with E-state index < -0.39 is 17.9 Å². The molecule has 0 aliphatic carbocycles. The molecule has 1 aromatic rings. The number of aromatic nitrogens is 2. The zero-order chi connectivity index (χ0) is 13.0. The highest BCUT2D eigenvalue weighted by Crippen LogP contribution is 2.05. The lowest BCUT2D eigenvalue weighted by molar-refractivity contribution is -0.140. The van der Waals surface area contributed by atoms with Gasteiger partial charge < -0.3 is 5.11 Å². The molecule has 18 heavy (non-hydrogen) atoms. The van der Waals surface area contributed by atoms with Crippen LogP contribution in [0.25, 0.3) is 6.08 Å². The Morgan fingerprint density at radius 1 is 1.44 bits per heavy atom. The number of imide groups is 1. The first-order valence-corrected chi connectivity index (χ1v) is 5.33. The van der Waals surface area contributed by atoms with Gasteiger partial charge in [-0.3, -0.25) is 14.5 Å². The molecule has 6 nitrogen and oxygen atoms in total. The van der Waals surface area contributed by atoms with Crippen LogP contribution in [0.3, 0.4) is 0 Å². The largest absolute Gasteiger partial charge is 0.387 e. The van der Waals surface area contributed by atoms with Gasteiger partial charge in [-0.25, -0.2) is 9.97 Å². The molecule has 92 valence electrons. The summed E-state index contributed by atoms with van der Waals surface area (Å²) < 4.78 is 0. The third-order valence-corrected chi connectivity index (χ3v) is 2.32. The molecule has 0 saturated heterocycles. The summed E-state index contributed by atoms with van der Waals surface area (Å²) in [4.78, 5) is 32.0. The minimum absolute atomic E-state index is 0.0336. The number of hydrogen-bond donors (Lipinski definition) is 1. The summed E-state index contributed by atoms with van der Waals surface area (Å²) in [5.41, 5.74) is 0. The molecule has 2 rings (SSSR count). The van der Waals surface area contributed by atoms with Gasteiger partial charge in [-0.2, -0.15) is 0 Å². The molecule has 2 heterocycles. The van der Waals surface area contributed by atoms with E-state index in [9.17, 15) is 14.7 Å². The maximum Gasteiger partial charge on any atom is 0.253 e. The Balaban J connectivity index is 2.06. The molecule has 0 fully saturated rings. The van der Waals surface area contributed by atoms with Crippen LogP contribution in [0.1, 0.15) is 5.82 Å². The lowest BCUT2D eigenvalue weighted by Crippen LogP contribution is -2.42. The van der Waals surface area contributed by atoms with E-state index in [0.29, 0.717) is 5.82 Å². The molecule has 0 radical (unpaired) electrons. The lowest BCUT2D eigenvalue weighted by atomic mass is 10.2. The first kappa shape index (κ1) is 12.1. The number of hydrogen-bond acceptors (Lipinski definition) is 5. The van der Waals surface area contributed by atoms with Gasteiger partial charge in [0.05, 0.1) is 12.6 Å². The number of carbonyl (C=O) groups excluding carboxylic acids is 2. The summed E-state index contributed by atoms with van der Waals surface area (Å²) in [5.74, 6) is -0.564. The van der Waals surface area contributed by atoms with Gasteiger partial charge in [0.2, 0.25) is 0 Å². The highest BCUT2D eigenvalue weighted by Gasteiger charge is 2.23. The smallest absolute Gasteiger partial charge is 0.253 e. The fraction of sp³-hybridized carbons (Fsp3) is 0.167. The van der Waals surface area contributed by atoms with Crippen molar-refractivity contribution in [2.24, 2.45) is 0 Å². The van der Waals surface area contributed by atoms with Gasteiger partial charge in [0.15, 0.2) is 5.82 Å². The third kappa shape index (κ3) is 2.86. The highest BCUT2D eigenvalue weighted by atomic mass is 16.3. The molecule has 1 aliphatic heterocycles. The van der Waals surface area contributed by atoms with Crippen molar-refractivity contribution in [3.05, 3.63) is 42.5 Å². The molecule has 0 saturated carbocycles. The fourth-order valence-electron chi connectivity index (χ4n) is 1.45. The van der Waals surface area contributed by atoms with E-state index in [-0.39, 0.29) is 6.54 Å². The maximum absolute atomic E-state index is 11.7. The molecule has 0 bridgehead atoms. The average Bonchev–Trinajstić information content (AvgIpc) is 2.40. The molecular weight excluding hydrogens is 234 g/mol. The minimum Gasteiger partial charge on any atom is -0.387 e. The predicted octanol–water partition coefficient (Wildman–Crippen LogP) is -0.224. The van der Waals surface area contributed by atoms with Gasteiger partial charge in [0.1, 0.15) is 0 Å². The lowest BCUT2D eigenvalue weighted by Gasteiger charge is -2.23. The summed E-state index contributed by atoms with van der Waals surface area (Å²) in [5, 5.41) is 9.35. The average molecular weight is 245 g/mol. The zero-order valence-electron chi connectivity index (χ0n) is 9.43. The van der Waals surface area contributed by atoms with Crippen LogP contribution in [0.15, 0.2) is 36.7 Å². The molecule has 1 N–H and O–H groups in total. The molecular formula is C12H11N3O3. The standard InChI is InChI=1S/C12H11N3O3/c16-9-2-4-11(17)15(8-9)12(18)5-3-10-13-6-1-7-14-10/h1-7,9,16H,8H2/b5-3+. The summed E-state index contributed by atoms with van der Waals surface area (Å²) in [6.07, 6.45) is 7.45. The number of β-amino-alcohol motifs (C(OH)–C–C–N with tert-alkyl or cyclic N) is 1. The Labute approximate surface area is 103 Å². The van der Waals surface area contributed by atoms with Crippen molar-refractivity contribution in [3.63, 3.8) is 0 Å². The fourth-order valence-corrected chi connectivity index (χ4v) is 1.45. The highest BCUT2D eigenvalue weighted by molar-refractivity contribution is 6.06. The van der Waals surface area contributed by atoms with Crippen molar-refractivity contribution >= 4 is 17.9 Å². The number of aliphatic hydroxyl groups is 1. The Bertz CT molecular complexity index is 511. The first-order valence-electron chi connectivity index (χ1n) is 5.33. The Kier molecular flexibility index (Phi) is 3.59. The quantitative estimate of drug-likeness (QED) is 0.728. The van der Waals surface area contributed by atoms with E-state index in [2.05, 4.69) is 9.97 Å². The van der Waals surface area contributed by atoms with Gasteiger partial charge in [-0.05, 0) is 18.2 Å². The van der Waals surface area contributed by atoms with Crippen molar-refractivity contribution in [3.8, 4) is 0 Å². The van der Waals surface area contributed by atoms with Gasteiger partial charge in [0, 0.05) is 24.5 Å². The second-order valence-electron chi connectivity index (χ2n) is 3.65. The molecule has 2 amide bonds. The summed E-state index contributed by atoms with van der Waals surface area (Å²) in [6.45, 7) is -0.0336. The van der Waals surface area contributed by atoms with Crippen LogP contribution < -0.4 is 0 Å². The van der Waals surface area contributed by atoms with Crippen molar-refractivity contribution in [1.29, 1.82) is 0 Å². The summed E-state index contributed by atoms with van der Waals surface area (Å²) >= 11 is 0. The molecule has 1 atom stereocenters. The molecule has 1 aliphatic rings. The van der Waals surface area contributed by atoms with Gasteiger partial charge >= 0.3 is 0 Å². The topological polar surface area (TPSA) is 83.4 Å². The van der Waals surface area contributed by atoms with Gasteiger partial charge in [-0.15, -0.1) is 0 Å². The van der Waals surface area contributed by atoms with E-state index in [1.165, 1.54) is 24.3 Å². The number of amides is 2.